The van der Waals surface area contributed by atoms with Gasteiger partial charge in [-0.25, -0.2) is 9.37 Å². The third kappa shape index (κ3) is 5.15. The second-order valence-corrected chi connectivity index (χ2v) is 10.8. The molecule has 212 valence electrons. The summed E-state index contributed by atoms with van der Waals surface area (Å²) in [6.45, 7) is 10.7. The molecule has 0 aliphatic carbocycles. The van der Waals surface area contributed by atoms with Gasteiger partial charge in [0.1, 0.15) is 23.1 Å². The average molecular weight is 558 g/mol. The first-order valence-electron chi connectivity index (χ1n) is 13.5. The lowest BCUT2D eigenvalue weighted by Crippen LogP contribution is -2.30. The zero-order valence-electron chi connectivity index (χ0n) is 23.6. The predicted molar refractivity (Wildman–Crippen MR) is 155 cm³/mol. The van der Waals surface area contributed by atoms with Gasteiger partial charge in [-0.1, -0.05) is 45.0 Å². The lowest BCUT2D eigenvalue weighted by Gasteiger charge is -2.25. The van der Waals surface area contributed by atoms with Crippen LogP contribution in [0.2, 0.25) is 0 Å². The number of rotatable bonds is 7. The van der Waals surface area contributed by atoms with Crippen LogP contribution in [0.15, 0.2) is 66.2 Å². The second kappa shape index (κ2) is 10.7. The van der Waals surface area contributed by atoms with Crippen molar-refractivity contribution in [2.45, 2.75) is 46.1 Å². The van der Waals surface area contributed by atoms with Gasteiger partial charge in [0.25, 0.3) is 5.78 Å². The fourth-order valence-electron chi connectivity index (χ4n) is 4.99. The SMILES string of the molecule is CCOc1ccc(/C(O)=C2\C(=O)C(=O)N(c3nc4ccc(F)cc4[nH]3)C2c2ccc(C(C)(C)C)cc2)c(OCC)c1. The maximum Gasteiger partial charge on any atom is 0.302 e. The number of carbonyl (C=O) groups excluding carboxylic acids is 2. The van der Waals surface area contributed by atoms with Crippen molar-refractivity contribution in [3.05, 3.63) is 88.7 Å². The fourth-order valence-corrected chi connectivity index (χ4v) is 4.99. The third-order valence-electron chi connectivity index (χ3n) is 7.02. The number of hydrogen-bond acceptors (Lipinski definition) is 6. The molecule has 8 nitrogen and oxygen atoms in total. The monoisotopic (exact) mass is 557 g/mol. The standard InChI is InChI=1S/C32H32FN3O5/c1-6-40-21-13-14-22(25(17-21)41-7-2)28(37)26-27(18-8-10-19(11-9-18)32(3,4)5)36(30(39)29(26)38)31-34-23-15-12-20(33)16-24(23)35-31/h8-17,27,37H,6-7H2,1-5H3,(H,34,35)/b28-26+. The molecule has 1 aliphatic heterocycles. The minimum atomic E-state index is -1.02. The highest BCUT2D eigenvalue weighted by atomic mass is 19.1. The predicted octanol–water partition coefficient (Wildman–Crippen LogP) is 6.42. The quantitative estimate of drug-likeness (QED) is 0.154. The van der Waals surface area contributed by atoms with Gasteiger partial charge in [-0.15, -0.1) is 0 Å². The molecule has 1 aromatic heterocycles. The molecule has 3 aromatic carbocycles. The molecule has 41 heavy (non-hydrogen) atoms. The molecule has 2 heterocycles. The van der Waals surface area contributed by atoms with Crippen molar-refractivity contribution >= 4 is 34.4 Å². The van der Waals surface area contributed by atoms with Gasteiger partial charge in [0.15, 0.2) is 0 Å². The number of halogens is 1. The van der Waals surface area contributed by atoms with Crippen molar-refractivity contribution in [3.63, 3.8) is 0 Å². The van der Waals surface area contributed by atoms with E-state index in [9.17, 15) is 19.1 Å². The number of nitrogens with one attached hydrogen (secondary N) is 1. The Kier molecular flexibility index (Phi) is 7.29. The van der Waals surface area contributed by atoms with Gasteiger partial charge in [0.05, 0.1) is 41.4 Å². The maximum absolute atomic E-state index is 13.9. The van der Waals surface area contributed by atoms with Crippen molar-refractivity contribution in [1.82, 2.24) is 9.97 Å². The number of ketones is 1. The molecule has 0 bridgehead atoms. The second-order valence-electron chi connectivity index (χ2n) is 10.8. The number of anilines is 1. The summed E-state index contributed by atoms with van der Waals surface area (Å²) in [7, 11) is 0. The number of amides is 1. The van der Waals surface area contributed by atoms with Gasteiger partial charge in [-0.2, -0.15) is 0 Å². The Labute approximate surface area is 237 Å². The number of carbonyl (C=O) groups is 2. The first kappa shape index (κ1) is 27.9. The van der Waals surface area contributed by atoms with Gasteiger partial charge < -0.3 is 19.6 Å². The number of aliphatic hydroxyl groups excluding tert-OH is 1. The summed E-state index contributed by atoms with van der Waals surface area (Å²) < 4.78 is 25.3. The molecular weight excluding hydrogens is 525 g/mol. The van der Waals surface area contributed by atoms with E-state index < -0.39 is 23.5 Å². The van der Waals surface area contributed by atoms with E-state index in [4.69, 9.17) is 9.47 Å². The first-order chi connectivity index (χ1) is 19.5. The van der Waals surface area contributed by atoms with E-state index in [0.717, 1.165) is 5.56 Å². The van der Waals surface area contributed by atoms with Crippen LogP contribution >= 0.6 is 0 Å². The van der Waals surface area contributed by atoms with Crippen molar-refractivity contribution in [1.29, 1.82) is 0 Å². The molecule has 2 N–H and O–H groups in total. The maximum atomic E-state index is 13.9. The van der Waals surface area contributed by atoms with Crippen molar-refractivity contribution in [3.8, 4) is 11.5 Å². The lowest BCUT2D eigenvalue weighted by atomic mass is 9.85. The van der Waals surface area contributed by atoms with Crippen LogP contribution in [-0.2, 0) is 15.0 Å². The molecule has 4 aromatic rings. The zero-order valence-corrected chi connectivity index (χ0v) is 23.6. The largest absolute Gasteiger partial charge is 0.507 e. The van der Waals surface area contributed by atoms with E-state index in [1.54, 1.807) is 25.1 Å². The summed E-state index contributed by atoms with van der Waals surface area (Å²) in [6, 6.07) is 15.5. The van der Waals surface area contributed by atoms with E-state index >= 15 is 0 Å². The van der Waals surface area contributed by atoms with Crippen molar-refractivity contribution in [2.24, 2.45) is 0 Å². The van der Waals surface area contributed by atoms with Gasteiger partial charge in [0.2, 0.25) is 5.95 Å². The molecule has 1 atom stereocenters. The summed E-state index contributed by atoms with van der Waals surface area (Å²) in [5, 5.41) is 11.7. The molecule has 1 saturated heterocycles. The summed E-state index contributed by atoms with van der Waals surface area (Å²) in [6.07, 6.45) is 0. The minimum Gasteiger partial charge on any atom is -0.507 e. The molecule has 1 fully saturated rings. The van der Waals surface area contributed by atoms with Crippen molar-refractivity contribution in [2.75, 3.05) is 18.1 Å². The molecule has 1 unspecified atom stereocenters. The molecule has 1 amide bonds. The van der Waals surface area contributed by atoms with Gasteiger partial charge in [0, 0.05) is 6.07 Å². The number of aromatic amines is 1. The molecule has 5 rings (SSSR count). The lowest BCUT2D eigenvalue weighted by molar-refractivity contribution is -0.132. The molecule has 9 heteroatoms. The van der Waals surface area contributed by atoms with E-state index in [2.05, 4.69) is 30.7 Å². The van der Waals surface area contributed by atoms with Crippen LogP contribution in [-0.4, -0.2) is 40.0 Å². The normalized spacial score (nSPS) is 16.9. The number of hydrogen-bond donors (Lipinski definition) is 2. The first-order valence-corrected chi connectivity index (χ1v) is 13.5. The van der Waals surface area contributed by atoms with Gasteiger partial charge >= 0.3 is 5.91 Å². The number of Topliss-reactive ketones (excluding diaryl/α,β-unsaturated/α-hetero) is 1. The van der Waals surface area contributed by atoms with E-state index in [0.29, 0.717) is 41.3 Å². The highest BCUT2D eigenvalue weighted by molar-refractivity contribution is 6.51. The van der Waals surface area contributed by atoms with Crippen LogP contribution in [0.4, 0.5) is 10.3 Å². The zero-order chi connectivity index (χ0) is 29.5. The van der Waals surface area contributed by atoms with E-state index in [1.165, 1.54) is 23.1 Å². The summed E-state index contributed by atoms with van der Waals surface area (Å²) >= 11 is 0. The smallest absolute Gasteiger partial charge is 0.302 e. The minimum absolute atomic E-state index is 0.0633. The van der Waals surface area contributed by atoms with Gasteiger partial charge in [-0.05, 0) is 60.7 Å². The molecule has 0 radical (unpaired) electrons. The number of aliphatic hydroxyl groups is 1. The number of fused-ring (bicyclic) bond motifs is 1. The Hall–Kier alpha value is -4.66. The number of benzene rings is 3. The van der Waals surface area contributed by atoms with E-state index in [-0.39, 0.29) is 28.3 Å². The number of ether oxygens (including phenoxy) is 2. The van der Waals surface area contributed by atoms with Crippen LogP contribution < -0.4 is 14.4 Å². The Morgan fingerprint density at radius 1 is 1.00 bits per heavy atom. The number of nitrogens with zero attached hydrogens (tertiary/aromatic N) is 2. The number of imidazole rings is 1. The summed E-state index contributed by atoms with van der Waals surface area (Å²) in [4.78, 5) is 35.9. The van der Waals surface area contributed by atoms with E-state index in [1.807, 2.05) is 31.2 Å². The Bertz CT molecular complexity index is 1670. The highest BCUT2D eigenvalue weighted by Crippen LogP contribution is 2.43. The fraction of sp³-hybridized carbons (Fsp3) is 0.281. The average Bonchev–Trinajstić information content (AvgIpc) is 3.46. The van der Waals surface area contributed by atoms with Crippen LogP contribution in [0, 0.1) is 5.82 Å². The van der Waals surface area contributed by atoms with Crippen molar-refractivity contribution < 1.29 is 28.6 Å². The Morgan fingerprint density at radius 2 is 1.71 bits per heavy atom. The summed E-state index contributed by atoms with van der Waals surface area (Å²) in [5.74, 6) is -1.70. The van der Waals surface area contributed by atoms with Crippen LogP contribution in [0.3, 0.4) is 0 Å². The van der Waals surface area contributed by atoms with Crippen LogP contribution in [0.25, 0.3) is 16.8 Å². The van der Waals surface area contributed by atoms with Crippen LogP contribution in [0.1, 0.15) is 57.4 Å². The Morgan fingerprint density at radius 3 is 2.37 bits per heavy atom. The number of H-pyrrole nitrogens is 1. The number of aromatic nitrogens is 2. The topological polar surface area (TPSA) is 105 Å². The highest BCUT2D eigenvalue weighted by Gasteiger charge is 2.48. The Balaban J connectivity index is 1.72. The molecule has 0 spiro atoms. The molecule has 0 saturated carbocycles. The summed E-state index contributed by atoms with van der Waals surface area (Å²) in [5.41, 5.74) is 2.45. The third-order valence-corrected chi connectivity index (χ3v) is 7.02. The molecule has 1 aliphatic rings. The molecular formula is C32H32FN3O5. The van der Waals surface area contributed by atoms with Gasteiger partial charge in [-0.3, -0.25) is 14.5 Å². The van der Waals surface area contributed by atoms with Crippen LogP contribution in [0.5, 0.6) is 11.5 Å².